The molecule has 0 aromatic carbocycles. The molecule has 0 atom stereocenters. The molecule has 0 radical (unpaired) electrons. The predicted molar refractivity (Wildman–Crippen MR) is 115 cm³/mol. The minimum absolute atomic E-state index is 0.0174. The third-order valence-corrected chi connectivity index (χ3v) is 5.10. The van der Waals surface area contributed by atoms with Crippen LogP contribution >= 0.6 is 0 Å². The zero-order valence-corrected chi connectivity index (χ0v) is 17.3. The van der Waals surface area contributed by atoms with Crippen LogP contribution in [0, 0.1) is 5.82 Å². The first-order chi connectivity index (χ1) is 15.4. The molecule has 1 amide bonds. The molecule has 12 heteroatoms. The number of aromatic nitrogens is 6. The SMILES string of the molecule is CNc1cc(Nc2cc(F)cn(-c3cnn(C)c3)c2=O)nc2c(C(=O)NC3CC3)cnn12. The summed E-state index contributed by atoms with van der Waals surface area (Å²) in [7, 11) is 3.40. The van der Waals surface area contributed by atoms with Crippen LogP contribution in [0.3, 0.4) is 0 Å². The first kappa shape index (κ1) is 19.7. The van der Waals surface area contributed by atoms with Gasteiger partial charge < -0.3 is 16.0 Å². The Morgan fingerprint density at radius 2 is 2.00 bits per heavy atom. The largest absolute Gasteiger partial charge is 0.373 e. The van der Waals surface area contributed by atoms with E-state index in [1.807, 2.05) is 0 Å². The van der Waals surface area contributed by atoms with Crippen molar-refractivity contribution in [3.05, 3.63) is 58.7 Å². The second kappa shape index (κ2) is 7.48. The van der Waals surface area contributed by atoms with Crippen LogP contribution in [-0.2, 0) is 7.05 Å². The lowest BCUT2D eigenvalue weighted by atomic mass is 10.3. The minimum Gasteiger partial charge on any atom is -0.373 e. The van der Waals surface area contributed by atoms with E-state index in [0.717, 1.165) is 29.7 Å². The Bertz CT molecular complexity index is 1400. The van der Waals surface area contributed by atoms with Crippen molar-refractivity contribution in [1.29, 1.82) is 0 Å². The van der Waals surface area contributed by atoms with Gasteiger partial charge in [-0.2, -0.15) is 14.7 Å². The molecule has 4 heterocycles. The van der Waals surface area contributed by atoms with Gasteiger partial charge in [-0.25, -0.2) is 9.37 Å². The van der Waals surface area contributed by atoms with Crippen LogP contribution in [0.5, 0.6) is 0 Å². The molecule has 0 aliphatic heterocycles. The van der Waals surface area contributed by atoms with Gasteiger partial charge in [-0.15, -0.1) is 0 Å². The number of nitrogens with zero attached hydrogens (tertiary/aromatic N) is 6. The highest BCUT2D eigenvalue weighted by molar-refractivity contribution is 6.00. The molecule has 0 unspecified atom stereocenters. The summed E-state index contributed by atoms with van der Waals surface area (Å²) < 4.78 is 18.5. The maximum Gasteiger partial charge on any atom is 0.279 e. The van der Waals surface area contributed by atoms with Crippen molar-refractivity contribution in [3.63, 3.8) is 0 Å². The Kier molecular flexibility index (Phi) is 4.61. The molecular formula is C20H20FN9O2. The molecule has 11 nitrogen and oxygen atoms in total. The lowest BCUT2D eigenvalue weighted by Crippen LogP contribution is -2.25. The number of hydrogen-bond acceptors (Lipinski definition) is 7. The summed E-state index contributed by atoms with van der Waals surface area (Å²) >= 11 is 0. The Hall–Kier alpha value is -4.22. The number of aryl methyl sites for hydroxylation is 1. The van der Waals surface area contributed by atoms with Gasteiger partial charge in [-0.05, 0) is 12.8 Å². The standard InChI is InChI=1S/C20H20FN9O2/c1-22-17-6-16(27-18-14(8-24-30(17)18)19(31)25-12-3-4-12)26-15-5-11(21)9-29(20(15)32)13-7-23-28(2)10-13/h5-10,12,22H,3-4H2,1-2H3,(H,25,31)(H,26,27). The van der Waals surface area contributed by atoms with Gasteiger partial charge in [0.15, 0.2) is 5.65 Å². The number of pyridine rings is 1. The molecule has 1 aliphatic carbocycles. The highest BCUT2D eigenvalue weighted by Crippen LogP contribution is 2.23. The van der Waals surface area contributed by atoms with Crippen molar-refractivity contribution in [2.24, 2.45) is 7.05 Å². The third-order valence-electron chi connectivity index (χ3n) is 5.10. The Labute approximate surface area is 180 Å². The Balaban J connectivity index is 1.56. The highest BCUT2D eigenvalue weighted by atomic mass is 19.1. The molecule has 1 aliphatic rings. The molecule has 4 aromatic rings. The maximum absolute atomic E-state index is 14.3. The molecule has 0 bridgehead atoms. The third kappa shape index (κ3) is 3.55. The fourth-order valence-corrected chi connectivity index (χ4v) is 3.36. The van der Waals surface area contributed by atoms with E-state index < -0.39 is 11.4 Å². The zero-order chi connectivity index (χ0) is 22.4. The van der Waals surface area contributed by atoms with Gasteiger partial charge in [0.1, 0.15) is 28.7 Å². The van der Waals surface area contributed by atoms with Crippen molar-refractivity contribution >= 4 is 28.9 Å². The van der Waals surface area contributed by atoms with E-state index in [-0.39, 0.29) is 23.5 Å². The number of carbonyl (C=O) groups excluding carboxylic acids is 1. The van der Waals surface area contributed by atoms with Crippen LogP contribution in [0.25, 0.3) is 11.3 Å². The molecule has 32 heavy (non-hydrogen) atoms. The van der Waals surface area contributed by atoms with Crippen molar-refractivity contribution < 1.29 is 9.18 Å². The van der Waals surface area contributed by atoms with Gasteiger partial charge in [0.25, 0.3) is 11.5 Å². The zero-order valence-electron chi connectivity index (χ0n) is 17.3. The summed E-state index contributed by atoms with van der Waals surface area (Å²) in [5.41, 5.74) is 0.545. The molecule has 0 saturated heterocycles. The van der Waals surface area contributed by atoms with Gasteiger partial charge in [-0.1, -0.05) is 0 Å². The second-order valence-corrected chi connectivity index (χ2v) is 7.56. The van der Waals surface area contributed by atoms with E-state index in [4.69, 9.17) is 0 Å². The lowest BCUT2D eigenvalue weighted by molar-refractivity contribution is 0.0952. The Morgan fingerprint density at radius 3 is 2.69 bits per heavy atom. The Morgan fingerprint density at radius 1 is 1.19 bits per heavy atom. The molecule has 1 saturated carbocycles. The number of amides is 1. The van der Waals surface area contributed by atoms with E-state index in [0.29, 0.717) is 22.7 Å². The van der Waals surface area contributed by atoms with Crippen LogP contribution in [0.4, 0.5) is 21.7 Å². The smallest absolute Gasteiger partial charge is 0.279 e. The average Bonchev–Trinajstić information content (AvgIpc) is 3.30. The van der Waals surface area contributed by atoms with Crippen LogP contribution < -0.4 is 21.5 Å². The molecule has 3 N–H and O–H groups in total. The van der Waals surface area contributed by atoms with E-state index in [9.17, 15) is 14.0 Å². The van der Waals surface area contributed by atoms with Gasteiger partial charge in [0.2, 0.25) is 0 Å². The van der Waals surface area contributed by atoms with Crippen molar-refractivity contribution in [2.75, 3.05) is 17.7 Å². The monoisotopic (exact) mass is 437 g/mol. The number of carbonyl (C=O) groups is 1. The summed E-state index contributed by atoms with van der Waals surface area (Å²) in [6.45, 7) is 0. The first-order valence-corrected chi connectivity index (χ1v) is 9.98. The van der Waals surface area contributed by atoms with E-state index in [2.05, 4.69) is 31.1 Å². The molecular weight excluding hydrogens is 417 g/mol. The molecule has 5 rings (SSSR count). The normalized spacial score (nSPS) is 13.3. The number of rotatable bonds is 6. The van der Waals surface area contributed by atoms with Crippen LogP contribution in [0.1, 0.15) is 23.2 Å². The molecule has 164 valence electrons. The second-order valence-electron chi connectivity index (χ2n) is 7.56. The fourth-order valence-electron chi connectivity index (χ4n) is 3.36. The van der Waals surface area contributed by atoms with E-state index in [1.54, 1.807) is 26.4 Å². The van der Waals surface area contributed by atoms with Gasteiger partial charge in [-0.3, -0.25) is 18.8 Å². The summed E-state index contributed by atoms with van der Waals surface area (Å²) in [6, 6.07) is 2.89. The summed E-state index contributed by atoms with van der Waals surface area (Å²) in [5.74, 6) is -0.0890. The van der Waals surface area contributed by atoms with Gasteiger partial charge in [0.05, 0.1) is 18.1 Å². The molecule has 4 aromatic heterocycles. The predicted octanol–water partition coefficient (Wildman–Crippen LogP) is 1.43. The van der Waals surface area contributed by atoms with Crippen molar-refractivity contribution in [1.82, 2.24) is 34.3 Å². The quantitative estimate of drug-likeness (QED) is 0.417. The fraction of sp³-hybridized carbons (Fsp3) is 0.250. The summed E-state index contributed by atoms with van der Waals surface area (Å²) in [5, 5.41) is 17.1. The first-order valence-electron chi connectivity index (χ1n) is 9.98. The molecule has 1 fully saturated rings. The van der Waals surface area contributed by atoms with E-state index in [1.165, 1.54) is 21.6 Å². The maximum atomic E-state index is 14.3. The van der Waals surface area contributed by atoms with E-state index >= 15 is 0 Å². The number of nitrogens with one attached hydrogen (secondary N) is 3. The number of halogens is 1. The molecule has 0 spiro atoms. The van der Waals surface area contributed by atoms with Crippen LogP contribution in [0.2, 0.25) is 0 Å². The minimum atomic E-state index is -0.611. The topological polar surface area (TPSA) is 123 Å². The van der Waals surface area contributed by atoms with Crippen molar-refractivity contribution in [3.8, 4) is 5.69 Å². The van der Waals surface area contributed by atoms with Gasteiger partial charge in [0, 0.05) is 44.7 Å². The van der Waals surface area contributed by atoms with Crippen LogP contribution in [0.15, 0.2) is 41.7 Å². The summed E-state index contributed by atoms with van der Waals surface area (Å²) in [4.78, 5) is 30.0. The van der Waals surface area contributed by atoms with Crippen LogP contribution in [-0.4, -0.2) is 47.9 Å². The van der Waals surface area contributed by atoms with Crippen molar-refractivity contribution in [2.45, 2.75) is 18.9 Å². The summed E-state index contributed by atoms with van der Waals surface area (Å²) in [6.07, 6.45) is 7.52. The lowest BCUT2D eigenvalue weighted by Gasteiger charge is -2.11. The van der Waals surface area contributed by atoms with Gasteiger partial charge >= 0.3 is 0 Å². The highest BCUT2D eigenvalue weighted by Gasteiger charge is 2.26. The average molecular weight is 437 g/mol. The number of fused-ring (bicyclic) bond motifs is 1. The number of hydrogen-bond donors (Lipinski definition) is 3. The number of anilines is 3.